The van der Waals surface area contributed by atoms with E-state index >= 15 is 0 Å². The monoisotopic (exact) mass is 385 g/mol. The Balaban J connectivity index is 1.73. The van der Waals surface area contributed by atoms with Gasteiger partial charge in [-0.1, -0.05) is 48.5 Å². The SMILES string of the molecule is O=C(NCc1ccccc1)c1cccc(OS(=O)(=O)c2ccccc2F)c1. The van der Waals surface area contributed by atoms with E-state index in [4.69, 9.17) is 4.18 Å². The highest BCUT2D eigenvalue weighted by atomic mass is 32.2. The van der Waals surface area contributed by atoms with Gasteiger partial charge in [-0.25, -0.2) is 4.39 Å². The fourth-order valence-corrected chi connectivity index (χ4v) is 3.39. The van der Waals surface area contributed by atoms with Gasteiger partial charge in [0.25, 0.3) is 5.91 Å². The summed E-state index contributed by atoms with van der Waals surface area (Å²) >= 11 is 0. The highest BCUT2D eigenvalue weighted by Crippen LogP contribution is 2.21. The maximum absolute atomic E-state index is 13.7. The van der Waals surface area contributed by atoms with Gasteiger partial charge >= 0.3 is 10.1 Å². The van der Waals surface area contributed by atoms with Gasteiger partial charge in [-0.05, 0) is 35.9 Å². The molecule has 5 nitrogen and oxygen atoms in total. The quantitative estimate of drug-likeness (QED) is 0.659. The van der Waals surface area contributed by atoms with Crippen LogP contribution in [0, 0.1) is 5.82 Å². The van der Waals surface area contributed by atoms with Gasteiger partial charge in [0.15, 0.2) is 0 Å². The van der Waals surface area contributed by atoms with Crippen molar-refractivity contribution in [3.05, 3.63) is 95.8 Å². The van der Waals surface area contributed by atoms with Crippen LogP contribution in [0.15, 0.2) is 83.8 Å². The van der Waals surface area contributed by atoms with Crippen molar-refractivity contribution in [2.45, 2.75) is 11.4 Å². The fourth-order valence-electron chi connectivity index (χ4n) is 2.39. The number of amides is 1. The molecule has 3 aromatic carbocycles. The van der Waals surface area contributed by atoms with Crippen LogP contribution >= 0.6 is 0 Å². The summed E-state index contributed by atoms with van der Waals surface area (Å²) in [6.45, 7) is 0.332. The first-order valence-corrected chi connectivity index (χ1v) is 9.48. The zero-order chi connectivity index (χ0) is 19.3. The standard InChI is InChI=1S/C20H16FNO4S/c21-18-11-4-5-12-19(18)27(24,25)26-17-10-6-9-16(13-17)20(23)22-14-15-7-2-1-3-8-15/h1-13H,14H2,(H,22,23). The van der Waals surface area contributed by atoms with Crippen molar-refractivity contribution in [3.63, 3.8) is 0 Å². The molecule has 0 aromatic heterocycles. The number of nitrogens with one attached hydrogen (secondary N) is 1. The average molecular weight is 385 g/mol. The molecule has 0 bridgehead atoms. The molecule has 0 spiro atoms. The number of rotatable bonds is 6. The fraction of sp³-hybridized carbons (Fsp3) is 0.0500. The molecule has 3 aromatic rings. The minimum absolute atomic E-state index is 0.0781. The summed E-state index contributed by atoms with van der Waals surface area (Å²) in [5, 5.41) is 2.74. The molecule has 7 heteroatoms. The number of hydrogen-bond acceptors (Lipinski definition) is 4. The number of hydrogen-bond donors (Lipinski definition) is 1. The summed E-state index contributed by atoms with van der Waals surface area (Å²) in [6.07, 6.45) is 0. The summed E-state index contributed by atoms with van der Waals surface area (Å²) in [4.78, 5) is 11.7. The van der Waals surface area contributed by atoms with Crippen molar-refractivity contribution in [1.82, 2.24) is 5.32 Å². The van der Waals surface area contributed by atoms with Crippen LogP contribution < -0.4 is 9.50 Å². The third-order valence-corrected chi connectivity index (χ3v) is 4.99. The molecule has 1 amide bonds. The summed E-state index contributed by atoms with van der Waals surface area (Å²) in [7, 11) is -4.35. The second-order valence-electron chi connectivity index (χ2n) is 5.66. The molecule has 0 heterocycles. The van der Waals surface area contributed by atoms with Crippen LogP contribution in [-0.2, 0) is 16.7 Å². The summed E-state index contributed by atoms with van der Waals surface area (Å²) in [5.41, 5.74) is 1.16. The van der Waals surface area contributed by atoms with Crippen molar-refractivity contribution >= 4 is 16.0 Å². The number of benzene rings is 3. The number of carbonyl (C=O) groups is 1. The Labute approximate surface area is 156 Å². The lowest BCUT2D eigenvalue weighted by Crippen LogP contribution is -2.22. The second-order valence-corrected chi connectivity index (χ2v) is 7.18. The van der Waals surface area contributed by atoms with E-state index in [1.807, 2.05) is 30.3 Å². The molecule has 3 rings (SSSR count). The number of carbonyl (C=O) groups excluding carboxylic acids is 1. The predicted octanol–water partition coefficient (Wildman–Crippen LogP) is 3.52. The van der Waals surface area contributed by atoms with Crippen LogP contribution in [0.1, 0.15) is 15.9 Å². The minimum atomic E-state index is -4.35. The van der Waals surface area contributed by atoms with E-state index in [0.29, 0.717) is 6.54 Å². The molecule has 0 aliphatic heterocycles. The first-order chi connectivity index (χ1) is 13.0. The number of halogens is 1. The van der Waals surface area contributed by atoms with Crippen LogP contribution in [-0.4, -0.2) is 14.3 Å². The van der Waals surface area contributed by atoms with Gasteiger partial charge in [0.05, 0.1) is 0 Å². The van der Waals surface area contributed by atoms with Crippen molar-refractivity contribution in [2.75, 3.05) is 0 Å². The first-order valence-electron chi connectivity index (χ1n) is 8.07. The largest absolute Gasteiger partial charge is 0.379 e. The molecule has 0 radical (unpaired) electrons. The molecule has 138 valence electrons. The van der Waals surface area contributed by atoms with Gasteiger partial charge in [0.2, 0.25) is 0 Å². The summed E-state index contributed by atoms with van der Waals surface area (Å²) in [6, 6.07) is 20.0. The Hall–Kier alpha value is -3.19. The molecule has 0 atom stereocenters. The molecule has 0 fully saturated rings. The van der Waals surface area contributed by atoms with Gasteiger partial charge in [0.1, 0.15) is 16.5 Å². The normalized spacial score (nSPS) is 11.0. The van der Waals surface area contributed by atoms with Crippen LogP contribution in [0.4, 0.5) is 4.39 Å². The van der Waals surface area contributed by atoms with E-state index in [2.05, 4.69) is 5.32 Å². The lowest BCUT2D eigenvalue weighted by Gasteiger charge is -2.09. The van der Waals surface area contributed by atoms with Crippen LogP contribution in [0.5, 0.6) is 5.75 Å². The van der Waals surface area contributed by atoms with Gasteiger partial charge in [-0.2, -0.15) is 8.42 Å². The third-order valence-electron chi connectivity index (χ3n) is 3.70. The first kappa shape index (κ1) is 18.6. The lowest BCUT2D eigenvalue weighted by molar-refractivity contribution is 0.0950. The Morgan fingerprint density at radius 1 is 0.926 bits per heavy atom. The molecule has 0 aliphatic carbocycles. The van der Waals surface area contributed by atoms with Gasteiger partial charge < -0.3 is 9.50 Å². The van der Waals surface area contributed by atoms with E-state index in [1.54, 1.807) is 0 Å². The highest BCUT2D eigenvalue weighted by Gasteiger charge is 2.21. The maximum atomic E-state index is 13.7. The molecular formula is C20H16FNO4S. The lowest BCUT2D eigenvalue weighted by atomic mass is 10.2. The maximum Gasteiger partial charge on any atom is 0.342 e. The van der Waals surface area contributed by atoms with Crippen LogP contribution in [0.2, 0.25) is 0 Å². The highest BCUT2D eigenvalue weighted by molar-refractivity contribution is 7.87. The van der Waals surface area contributed by atoms with Gasteiger partial charge in [-0.15, -0.1) is 0 Å². The zero-order valence-electron chi connectivity index (χ0n) is 14.1. The van der Waals surface area contributed by atoms with Crippen LogP contribution in [0.25, 0.3) is 0 Å². The van der Waals surface area contributed by atoms with Crippen LogP contribution in [0.3, 0.4) is 0 Å². The van der Waals surface area contributed by atoms with Crippen molar-refractivity contribution in [1.29, 1.82) is 0 Å². The molecule has 1 N–H and O–H groups in total. The van der Waals surface area contributed by atoms with Crippen molar-refractivity contribution in [3.8, 4) is 5.75 Å². The van der Waals surface area contributed by atoms with E-state index in [1.165, 1.54) is 36.4 Å². The molecule has 27 heavy (non-hydrogen) atoms. The third kappa shape index (κ3) is 4.71. The molecule has 0 saturated heterocycles. The smallest absolute Gasteiger partial charge is 0.342 e. The van der Waals surface area contributed by atoms with Crippen molar-refractivity contribution < 1.29 is 21.8 Å². The summed E-state index contributed by atoms with van der Waals surface area (Å²) in [5.74, 6) is -1.37. The van der Waals surface area contributed by atoms with E-state index in [-0.39, 0.29) is 17.2 Å². The van der Waals surface area contributed by atoms with Gasteiger partial charge in [-0.3, -0.25) is 4.79 Å². The van der Waals surface area contributed by atoms with E-state index < -0.39 is 20.8 Å². The van der Waals surface area contributed by atoms with Gasteiger partial charge in [0, 0.05) is 12.1 Å². The Morgan fingerprint density at radius 3 is 2.37 bits per heavy atom. The molecule has 0 aliphatic rings. The molecule has 0 unspecified atom stereocenters. The van der Waals surface area contributed by atoms with E-state index in [0.717, 1.165) is 17.7 Å². The molecule has 0 saturated carbocycles. The Kier molecular flexibility index (Phi) is 5.52. The Bertz CT molecular complexity index is 1050. The average Bonchev–Trinajstić information content (AvgIpc) is 2.67. The van der Waals surface area contributed by atoms with E-state index in [9.17, 15) is 17.6 Å². The summed E-state index contributed by atoms with van der Waals surface area (Å²) < 4.78 is 43.2. The topological polar surface area (TPSA) is 72.5 Å². The second kappa shape index (κ2) is 8.01. The minimum Gasteiger partial charge on any atom is -0.379 e. The van der Waals surface area contributed by atoms with Crippen molar-refractivity contribution in [2.24, 2.45) is 0 Å². The zero-order valence-corrected chi connectivity index (χ0v) is 14.9. The molecular weight excluding hydrogens is 369 g/mol. The Morgan fingerprint density at radius 2 is 1.63 bits per heavy atom. The predicted molar refractivity (Wildman–Crippen MR) is 98.3 cm³/mol.